The fourth-order valence-electron chi connectivity index (χ4n) is 4.34. The minimum Gasteiger partial charge on any atom is -0.352 e. The van der Waals surface area contributed by atoms with Crippen LogP contribution in [0.15, 0.2) is 83.3 Å². The number of nitrogens with one attached hydrogen (secondary N) is 1. The second-order valence-corrected chi connectivity index (χ2v) is 12.8. The second-order valence-electron chi connectivity index (χ2n) is 9.96. The number of carbonyl (C=O) groups excluding carboxylic acids is 2. The van der Waals surface area contributed by atoms with Gasteiger partial charge in [0.25, 0.3) is 0 Å². The van der Waals surface area contributed by atoms with Gasteiger partial charge in [0.05, 0.1) is 11.9 Å². The third-order valence-corrected chi connectivity index (χ3v) is 8.46. The van der Waals surface area contributed by atoms with Crippen molar-refractivity contribution in [2.75, 3.05) is 17.1 Å². The number of rotatable bonds is 13. The van der Waals surface area contributed by atoms with E-state index in [9.17, 15) is 18.0 Å². The fraction of sp³-hybridized carbons (Fsp3) is 0.355. The van der Waals surface area contributed by atoms with Gasteiger partial charge in [-0.25, -0.2) is 8.42 Å². The maximum absolute atomic E-state index is 14.1. The molecule has 0 saturated heterocycles. The van der Waals surface area contributed by atoms with E-state index in [-0.39, 0.29) is 24.9 Å². The molecule has 0 aromatic heterocycles. The first-order valence-electron chi connectivity index (χ1n) is 13.5. The molecule has 0 radical (unpaired) electrons. The molecule has 0 saturated carbocycles. The molecule has 7 nitrogen and oxygen atoms in total. The zero-order chi connectivity index (χ0) is 29.3. The van der Waals surface area contributed by atoms with E-state index in [0.29, 0.717) is 5.69 Å². The van der Waals surface area contributed by atoms with Gasteiger partial charge in [0, 0.05) is 23.5 Å². The summed E-state index contributed by atoms with van der Waals surface area (Å²) in [5.74, 6) is -0.745. The van der Waals surface area contributed by atoms with Crippen molar-refractivity contribution >= 4 is 43.5 Å². The molecule has 3 rings (SSSR count). The number of anilines is 1. The zero-order valence-corrected chi connectivity index (χ0v) is 25.9. The van der Waals surface area contributed by atoms with Gasteiger partial charge in [-0.3, -0.25) is 13.9 Å². The standard InChI is InChI=1S/C31H38BrN3O4S/c1-5-23(3)33-31(37)29(20-25-11-8-7-9-12-25)34(21-26-13-10-14-27(32)19-26)30(36)22-35(40(4,38)39)28-17-15-24(6-2)16-18-28/h7-19,23,29H,5-6,20-22H2,1-4H3,(H,33,37)/t23-,29+/m0/s1. The van der Waals surface area contributed by atoms with Crippen molar-refractivity contribution in [1.82, 2.24) is 10.2 Å². The lowest BCUT2D eigenvalue weighted by Crippen LogP contribution is -2.54. The van der Waals surface area contributed by atoms with E-state index in [1.165, 1.54) is 4.90 Å². The molecule has 0 fully saturated rings. The van der Waals surface area contributed by atoms with Gasteiger partial charge < -0.3 is 10.2 Å². The molecule has 0 aliphatic rings. The second kappa shape index (κ2) is 14.5. The van der Waals surface area contributed by atoms with E-state index in [1.54, 1.807) is 12.1 Å². The number of carbonyl (C=O) groups is 2. The topological polar surface area (TPSA) is 86.8 Å². The van der Waals surface area contributed by atoms with Crippen molar-refractivity contribution in [3.63, 3.8) is 0 Å². The number of hydrogen-bond acceptors (Lipinski definition) is 4. The lowest BCUT2D eigenvalue weighted by molar-refractivity contribution is -0.140. The number of sulfonamides is 1. The van der Waals surface area contributed by atoms with E-state index in [2.05, 4.69) is 21.2 Å². The number of halogens is 1. The monoisotopic (exact) mass is 627 g/mol. The summed E-state index contributed by atoms with van der Waals surface area (Å²) in [5, 5.41) is 3.04. The smallest absolute Gasteiger partial charge is 0.244 e. The summed E-state index contributed by atoms with van der Waals surface area (Å²) in [6.07, 6.45) is 2.92. The SMILES string of the molecule is CCc1ccc(N(CC(=O)N(Cc2cccc(Br)c2)[C@H](Cc2ccccc2)C(=O)N[C@@H](C)CC)S(C)(=O)=O)cc1. The normalized spacial score (nSPS) is 12.8. The van der Waals surface area contributed by atoms with Crippen molar-refractivity contribution < 1.29 is 18.0 Å². The predicted octanol–water partition coefficient (Wildman–Crippen LogP) is 5.33. The largest absolute Gasteiger partial charge is 0.352 e. The van der Waals surface area contributed by atoms with Gasteiger partial charge in [-0.05, 0) is 60.7 Å². The molecule has 0 aliphatic carbocycles. The first kappa shape index (κ1) is 31.4. The molecule has 40 heavy (non-hydrogen) atoms. The van der Waals surface area contributed by atoms with Gasteiger partial charge in [-0.15, -0.1) is 0 Å². The quantitative estimate of drug-likeness (QED) is 0.277. The number of nitrogens with zero attached hydrogens (tertiary/aromatic N) is 2. The van der Waals surface area contributed by atoms with E-state index < -0.39 is 28.5 Å². The summed E-state index contributed by atoms with van der Waals surface area (Å²) in [7, 11) is -3.80. The van der Waals surface area contributed by atoms with Gasteiger partial charge in [-0.1, -0.05) is 84.4 Å². The highest BCUT2D eigenvalue weighted by Gasteiger charge is 2.33. The summed E-state index contributed by atoms with van der Waals surface area (Å²) in [6.45, 7) is 5.62. The minimum absolute atomic E-state index is 0.0850. The lowest BCUT2D eigenvalue weighted by atomic mass is 10.0. The average molecular weight is 629 g/mol. The predicted molar refractivity (Wildman–Crippen MR) is 165 cm³/mol. The van der Waals surface area contributed by atoms with E-state index in [4.69, 9.17) is 0 Å². The van der Waals surface area contributed by atoms with Gasteiger partial charge in [-0.2, -0.15) is 0 Å². The summed E-state index contributed by atoms with van der Waals surface area (Å²) in [5.41, 5.74) is 3.17. The summed E-state index contributed by atoms with van der Waals surface area (Å²) in [6, 6.07) is 23.3. The molecule has 0 bridgehead atoms. The van der Waals surface area contributed by atoms with Crippen molar-refractivity contribution in [2.45, 2.75) is 58.7 Å². The van der Waals surface area contributed by atoms with Crippen LogP contribution in [0.1, 0.15) is 43.9 Å². The highest BCUT2D eigenvalue weighted by molar-refractivity contribution is 9.10. The minimum atomic E-state index is -3.80. The number of hydrogen-bond donors (Lipinski definition) is 1. The molecule has 2 amide bonds. The molecule has 214 valence electrons. The Hall–Kier alpha value is -3.17. The summed E-state index contributed by atoms with van der Waals surface area (Å²) >= 11 is 3.49. The van der Waals surface area contributed by atoms with Crippen LogP contribution in [-0.4, -0.2) is 50.0 Å². The number of amides is 2. The molecule has 2 atom stereocenters. The summed E-state index contributed by atoms with van der Waals surface area (Å²) < 4.78 is 27.7. The van der Waals surface area contributed by atoms with Crippen molar-refractivity contribution in [3.8, 4) is 0 Å². The van der Waals surface area contributed by atoms with E-state index >= 15 is 0 Å². The molecule has 3 aromatic carbocycles. The molecule has 9 heteroatoms. The number of aryl methyl sites for hydroxylation is 1. The van der Waals surface area contributed by atoms with Crippen molar-refractivity contribution in [1.29, 1.82) is 0 Å². The highest BCUT2D eigenvalue weighted by Crippen LogP contribution is 2.22. The molecule has 0 aliphatic heterocycles. The van der Waals surface area contributed by atoms with Gasteiger partial charge in [0.15, 0.2) is 0 Å². The van der Waals surface area contributed by atoms with Crippen molar-refractivity contribution in [3.05, 3.63) is 100 Å². The van der Waals surface area contributed by atoms with Gasteiger partial charge >= 0.3 is 0 Å². The average Bonchev–Trinajstić information content (AvgIpc) is 2.93. The van der Waals surface area contributed by atoms with Crippen LogP contribution in [0.5, 0.6) is 0 Å². The van der Waals surface area contributed by atoms with Gasteiger partial charge in [0.2, 0.25) is 21.8 Å². The van der Waals surface area contributed by atoms with E-state index in [0.717, 1.165) is 44.6 Å². The highest BCUT2D eigenvalue weighted by atomic mass is 79.9. The van der Waals surface area contributed by atoms with Crippen LogP contribution in [-0.2, 0) is 39.0 Å². The van der Waals surface area contributed by atoms with Crippen LogP contribution < -0.4 is 9.62 Å². The third-order valence-electron chi connectivity index (χ3n) is 6.83. The third kappa shape index (κ3) is 8.93. The molecule has 3 aromatic rings. The maximum Gasteiger partial charge on any atom is 0.244 e. The first-order valence-corrected chi connectivity index (χ1v) is 16.1. The Balaban J connectivity index is 2.05. The Morgan fingerprint density at radius 2 is 1.55 bits per heavy atom. The fourth-order valence-corrected chi connectivity index (χ4v) is 5.63. The Kier molecular flexibility index (Phi) is 11.3. The van der Waals surface area contributed by atoms with Crippen LogP contribution >= 0.6 is 15.9 Å². The maximum atomic E-state index is 14.1. The van der Waals surface area contributed by atoms with Crippen LogP contribution in [0.3, 0.4) is 0 Å². The van der Waals surface area contributed by atoms with Crippen LogP contribution in [0.4, 0.5) is 5.69 Å². The summed E-state index contributed by atoms with van der Waals surface area (Å²) in [4.78, 5) is 29.3. The van der Waals surface area contributed by atoms with Gasteiger partial charge in [0.1, 0.15) is 12.6 Å². The lowest BCUT2D eigenvalue weighted by Gasteiger charge is -2.34. The Morgan fingerprint density at radius 1 is 0.900 bits per heavy atom. The molecule has 0 unspecified atom stereocenters. The molecule has 1 N–H and O–H groups in total. The van der Waals surface area contributed by atoms with E-state index in [1.807, 2.05) is 87.5 Å². The Bertz CT molecular complexity index is 1380. The first-order chi connectivity index (χ1) is 19.0. The number of benzene rings is 3. The molecular weight excluding hydrogens is 590 g/mol. The molecule has 0 spiro atoms. The van der Waals surface area contributed by atoms with Crippen molar-refractivity contribution in [2.24, 2.45) is 0 Å². The zero-order valence-electron chi connectivity index (χ0n) is 23.5. The van der Waals surface area contributed by atoms with Crippen LogP contribution in [0, 0.1) is 0 Å². The Morgan fingerprint density at radius 3 is 2.12 bits per heavy atom. The van der Waals surface area contributed by atoms with Crippen LogP contribution in [0.25, 0.3) is 0 Å². The Labute approximate surface area is 246 Å². The molecule has 0 heterocycles. The van der Waals surface area contributed by atoms with Crippen LogP contribution in [0.2, 0.25) is 0 Å². The molecular formula is C31H38BrN3O4S.